The van der Waals surface area contributed by atoms with Crippen molar-refractivity contribution in [2.75, 3.05) is 24.8 Å². The molecule has 0 saturated carbocycles. The number of fused-ring (bicyclic) bond motifs is 1. The zero-order valence-electron chi connectivity index (χ0n) is 17.1. The minimum absolute atomic E-state index is 0.253. The van der Waals surface area contributed by atoms with Crippen molar-refractivity contribution in [1.82, 2.24) is 9.97 Å². The molecule has 0 amide bonds. The molecule has 0 fully saturated rings. The van der Waals surface area contributed by atoms with Crippen LogP contribution in [0.3, 0.4) is 0 Å². The summed E-state index contributed by atoms with van der Waals surface area (Å²) in [6, 6.07) is 13.9. The molecule has 1 heterocycles. The first kappa shape index (κ1) is 19.6. The largest absolute Gasteiger partial charge is 0.495 e. The summed E-state index contributed by atoms with van der Waals surface area (Å²) in [4.78, 5) is 9.48. The summed E-state index contributed by atoms with van der Waals surface area (Å²) < 4.78 is 18.7. The standard InChI is InChI=1S/C23H22FN5O/c1-23(15-5-7-16(24)8-6-15)11-10-18-20(23)28-22(29-21(18)26-2)27-17-9-4-14(13-25)19(12-17)30-3/h4-9,12H,10-11H2,1-3H3,(H2,26,27,28,29)/t23-/m0/s1. The van der Waals surface area contributed by atoms with Gasteiger partial charge in [-0.15, -0.1) is 0 Å². The van der Waals surface area contributed by atoms with Crippen molar-refractivity contribution in [2.24, 2.45) is 0 Å². The summed E-state index contributed by atoms with van der Waals surface area (Å²) in [6.07, 6.45) is 1.70. The van der Waals surface area contributed by atoms with Gasteiger partial charge in [-0.2, -0.15) is 10.2 Å². The van der Waals surface area contributed by atoms with Crippen molar-refractivity contribution < 1.29 is 9.13 Å². The quantitative estimate of drug-likeness (QED) is 0.651. The summed E-state index contributed by atoms with van der Waals surface area (Å²) >= 11 is 0. The fourth-order valence-corrected chi connectivity index (χ4v) is 4.02. The van der Waals surface area contributed by atoms with E-state index in [4.69, 9.17) is 9.72 Å². The van der Waals surface area contributed by atoms with Crippen LogP contribution in [-0.2, 0) is 11.8 Å². The smallest absolute Gasteiger partial charge is 0.229 e. The van der Waals surface area contributed by atoms with Gasteiger partial charge in [-0.25, -0.2) is 9.37 Å². The number of benzene rings is 2. The van der Waals surface area contributed by atoms with Gasteiger partial charge in [-0.1, -0.05) is 12.1 Å². The lowest BCUT2D eigenvalue weighted by Crippen LogP contribution is -2.22. The molecule has 6 nitrogen and oxygen atoms in total. The second-order valence-corrected chi connectivity index (χ2v) is 7.46. The Morgan fingerprint density at radius 1 is 1.17 bits per heavy atom. The number of methoxy groups -OCH3 is 1. The first-order valence-corrected chi connectivity index (χ1v) is 9.69. The van der Waals surface area contributed by atoms with Crippen LogP contribution in [0.5, 0.6) is 5.75 Å². The van der Waals surface area contributed by atoms with Gasteiger partial charge in [-0.05, 0) is 49.6 Å². The molecule has 1 aromatic heterocycles. The predicted octanol–water partition coefficient (Wildman–Crippen LogP) is 4.53. The van der Waals surface area contributed by atoms with Crippen LogP contribution >= 0.6 is 0 Å². The Morgan fingerprint density at radius 2 is 1.93 bits per heavy atom. The lowest BCUT2D eigenvalue weighted by molar-refractivity contribution is 0.413. The van der Waals surface area contributed by atoms with Crippen molar-refractivity contribution >= 4 is 17.5 Å². The van der Waals surface area contributed by atoms with E-state index < -0.39 is 0 Å². The molecular weight excluding hydrogens is 381 g/mol. The van der Waals surface area contributed by atoms with Crippen LogP contribution < -0.4 is 15.4 Å². The van der Waals surface area contributed by atoms with Gasteiger partial charge in [0.25, 0.3) is 0 Å². The molecule has 0 spiro atoms. The van der Waals surface area contributed by atoms with Crippen molar-refractivity contribution in [3.63, 3.8) is 0 Å². The number of hydrogen-bond donors (Lipinski definition) is 2. The van der Waals surface area contributed by atoms with E-state index >= 15 is 0 Å². The van der Waals surface area contributed by atoms with Gasteiger partial charge in [0.2, 0.25) is 5.95 Å². The molecule has 3 aromatic rings. The second kappa shape index (κ2) is 7.64. The predicted molar refractivity (Wildman–Crippen MR) is 114 cm³/mol. The van der Waals surface area contributed by atoms with Gasteiger partial charge >= 0.3 is 0 Å². The number of nitriles is 1. The zero-order valence-corrected chi connectivity index (χ0v) is 17.1. The molecule has 7 heteroatoms. The van der Waals surface area contributed by atoms with E-state index in [1.807, 2.05) is 19.2 Å². The van der Waals surface area contributed by atoms with E-state index in [9.17, 15) is 9.65 Å². The van der Waals surface area contributed by atoms with Crippen molar-refractivity contribution in [3.8, 4) is 11.8 Å². The molecule has 4 rings (SSSR count). The van der Waals surface area contributed by atoms with Crippen LogP contribution in [-0.4, -0.2) is 24.1 Å². The molecule has 0 bridgehead atoms. The average molecular weight is 403 g/mol. The maximum absolute atomic E-state index is 13.5. The number of nitrogens with zero attached hydrogens (tertiary/aromatic N) is 3. The van der Waals surface area contributed by atoms with Crippen LogP contribution in [0.25, 0.3) is 0 Å². The van der Waals surface area contributed by atoms with Gasteiger partial charge in [0, 0.05) is 29.8 Å². The molecular formula is C23H22FN5O. The average Bonchev–Trinajstić information content (AvgIpc) is 3.11. The number of rotatable bonds is 5. The molecule has 30 heavy (non-hydrogen) atoms. The van der Waals surface area contributed by atoms with E-state index in [-0.39, 0.29) is 11.2 Å². The number of aromatic nitrogens is 2. The molecule has 2 aromatic carbocycles. The van der Waals surface area contributed by atoms with Crippen LogP contribution in [0.2, 0.25) is 0 Å². The fourth-order valence-electron chi connectivity index (χ4n) is 4.02. The van der Waals surface area contributed by atoms with E-state index in [0.717, 1.165) is 35.5 Å². The summed E-state index contributed by atoms with van der Waals surface area (Å²) in [6.45, 7) is 2.13. The third kappa shape index (κ3) is 3.30. The zero-order chi connectivity index (χ0) is 21.3. The van der Waals surface area contributed by atoms with Gasteiger partial charge < -0.3 is 15.4 Å². The molecule has 0 unspecified atom stereocenters. The molecule has 0 aliphatic heterocycles. The summed E-state index contributed by atoms with van der Waals surface area (Å²) in [7, 11) is 3.36. The molecule has 1 aliphatic carbocycles. The van der Waals surface area contributed by atoms with E-state index in [1.165, 1.54) is 19.2 Å². The van der Waals surface area contributed by atoms with Gasteiger partial charge in [0.15, 0.2) is 0 Å². The van der Waals surface area contributed by atoms with Crippen LogP contribution in [0, 0.1) is 17.1 Å². The van der Waals surface area contributed by atoms with Crippen molar-refractivity contribution in [2.45, 2.75) is 25.2 Å². The lowest BCUT2D eigenvalue weighted by atomic mass is 9.80. The SMILES string of the molecule is CNc1nc(Nc2ccc(C#N)c(OC)c2)nc2c1CC[C@@]2(C)c1ccc(F)cc1. The Bertz CT molecular complexity index is 1140. The van der Waals surface area contributed by atoms with Crippen LogP contribution in [0.4, 0.5) is 21.8 Å². The van der Waals surface area contributed by atoms with E-state index in [0.29, 0.717) is 22.9 Å². The van der Waals surface area contributed by atoms with Gasteiger partial charge in [0.05, 0.1) is 18.4 Å². The first-order chi connectivity index (χ1) is 14.5. The molecule has 0 radical (unpaired) electrons. The topological polar surface area (TPSA) is 82.9 Å². The number of ether oxygens (including phenoxy) is 1. The molecule has 0 saturated heterocycles. The summed E-state index contributed by atoms with van der Waals surface area (Å²) in [5.41, 5.74) is 3.86. The Morgan fingerprint density at radius 3 is 2.60 bits per heavy atom. The second-order valence-electron chi connectivity index (χ2n) is 7.46. The highest BCUT2D eigenvalue weighted by Gasteiger charge is 2.39. The van der Waals surface area contributed by atoms with E-state index in [1.54, 1.807) is 18.2 Å². The van der Waals surface area contributed by atoms with Gasteiger partial charge in [-0.3, -0.25) is 0 Å². The Labute approximate surface area is 174 Å². The number of anilines is 3. The number of halogens is 1. The van der Waals surface area contributed by atoms with Crippen molar-refractivity contribution in [3.05, 3.63) is 70.7 Å². The van der Waals surface area contributed by atoms with Crippen LogP contribution in [0.1, 0.15) is 35.7 Å². The number of nitrogens with one attached hydrogen (secondary N) is 2. The highest BCUT2D eigenvalue weighted by Crippen LogP contribution is 2.45. The summed E-state index contributed by atoms with van der Waals surface area (Å²) in [5, 5.41) is 15.6. The Balaban J connectivity index is 1.76. The Kier molecular flexibility index (Phi) is 5.00. The molecule has 2 N–H and O–H groups in total. The third-order valence-corrected chi connectivity index (χ3v) is 5.70. The summed E-state index contributed by atoms with van der Waals surface area (Å²) in [5.74, 6) is 1.44. The van der Waals surface area contributed by atoms with E-state index in [2.05, 4.69) is 28.6 Å². The lowest BCUT2D eigenvalue weighted by Gasteiger charge is -2.25. The first-order valence-electron chi connectivity index (χ1n) is 9.69. The maximum atomic E-state index is 13.5. The Hall–Kier alpha value is -3.66. The normalized spacial score (nSPS) is 17.2. The minimum Gasteiger partial charge on any atom is -0.495 e. The molecule has 152 valence electrons. The maximum Gasteiger partial charge on any atom is 0.229 e. The fraction of sp³-hybridized carbons (Fsp3) is 0.261. The number of hydrogen-bond acceptors (Lipinski definition) is 6. The highest BCUT2D eigenvalue weighted by atomic mass is 19.1. The molecule has 1 atom stereocenters. The van der Waals surface area contributed by atoms with Gasteiger partial charge in [0.1, 0.15) is 23.5 Å². The third-order valence-electron chi connectivity index (χ3n) is 5.70. The van der Waals surface area contributed by atoms with Crippen LogP contribution in [0.15, 0.2) is 42.5 Å². The highest BCUT2D eigenvalue weighted by molar-refractivity contribution is 5.63. The van der Waals surface area contributed by atoms with Crippen molar-refractivity contribution in [1.29, 1.82) is 5.26 Å². The minimum atomic E-state index is -0.337. The molecule has 1 aliphatic rings. The monoisotopic (exact) mass is 403 g/mol.